The number of halogens is 1. The van der Waals surface area contributed by atoms with Crippen LogP contribution in [0.4, 0.5) is 4.39 Å². The highest BCUT2D eigenvalue weighted by Gasteiger charge is 2.30. The second-order valence-electron chi connectivity index (χ2n) is 5.83. The molecule has 1 fully saturated rings. The number of nitrogens with zero attached hydrogens (tertiary/aromatic N) is 1. The zero-order chi connectivity index (χ0) is 16.2. The molecule has 1 atom stereocenters. The Hall–Kier alpha value is -2.14. The van der Waals surface area contributed by atoms with Gasteiger partial charge in [0.05, 0.1) is 0 Å². The first-order valence-electron chi connectivity index (χ1n) is 7.96. The van der Waals surface area contributed by atoms with Crippen LogP contribution in [0.2, 0.25) is 0 Å². The summed E-state index contributed by atoms with van der Waals surface area (Å²) in [7, 11) is 0. The summed E-state index contributed by atoms with van der Waals surface area (Å²) in [6, 6.07) is 9.57. The van der Waals surface area contributed by atoms with Crippen molar-refractivity contribution in [1.29, 1.82) is 0 Å². The summed E-state index contributed by atoms with van der Waals surface area (Å²) in [5, 5.41) is 8.97. The van der Waals surface area contributed by atoms with Crippen molar-refractivity contribution in [2.24, 2.45) is 0 Å². The van der Waals surface area contributed by atoms with Crippen LogP contribution in [0.25, 0.3) is 11.3 Å². The molecule has 1 saturated heterocycles. The molecule has 1 aliphatic rings. The number of rotatable bonds is 5. The Kier molecular flexibility index (Phi) is 4.76. The summed E-state index contributed by atoms with van der Waals surface area (Å²) in [5.41, 5.74) is 0.740. The highest BCUT2D eigenvalue weighted by molar-refractivity contribution is 5.92. The first-order valence-corrected chi connectivity index (χ1v) is 7.96. The Bertz CT molecular complexity index is 665. The third-order valence-corrected chi connectivity index (χ3v) is 4.28. The van der Waals surface area contributed by atoms with E-state index in [0.29, 0.717) is 17.9 Å². The fourth-order valence-corrected chi connectivity index (χ4v) is 3.09. The van der Waals surface area contributed by atoms with Crippen molar-refractivity contribution in [1.82, 2.24) is 4.90 Å². The van der Waals surface area contributed by atoms with Gasteiger partial charge in [-0.05, 0) is 62.1 Å². The van der Waals surface area contributed by atoms with Crippen LogP contribution in [-0.4, -0.2) is 35.1 Å². The van der Waals surface area contributed by atoms with Crippen LogP contribution in [0.1, 0.15) is 36.2 Å². The summed E-state index contributed by atoms with van der Waals surface area (Å²) < 4.78 is 18.6. The van der Waals surface area contributed by atoms with E-state index >= 15 is 0 Å². The zero-order valence-corrected chi connectivity index (χ0v) is 12.9. The molecule has 0 radical (unpaired) electrons. The predicted octanol–water partition coefficient (Wildman–Crippen LogP) is 3.46. The molecule has 1 unspecified atom stereocenters. The first-order chi connectivity index (χ1) is 11.2. The van der Waals surface area contributed by atoms with Gasteiger partial charge in [0.2, 0.25) is 0 Å². The quantitative estimate of drug-likeness (QED) is 0.919. The van der Waals surface area contributed by atoms with Gasteiger partial charge in [-0.15, -0.1) is 0 Å². The lowest BCUT2D eigenvalue weighted by Crippen LogP contribution is -2.35. The Morgan fingerprint density at radius 2 is 2.04 bits per heavy atom. The lowest BCUT2D eigenvalue weighted by atomic mass is 10.1. The van der Waals surface area contributed by atoms with E-state index in [1.54, 1.807) is 24.3 Å². The SMILES string of the molecule is O=C(c1ccc(-c2ccc(F)cc2)o1)N1CCCC1CCCO. The van der Waals surface area contributed by atoms with E-state index in [2.05, 4.69) is 0 Å². The number of aliphatic hydroxyl groups excluding tert-OH is 1. The third-order valence-electron chi connectivity index (χ3n) is 4.28. The number of benzene rings is 1. The number of amides is 1. The molecule has 2 aromatic rings. The van der Waals surface area contributed by atoms with Crippen molar-refractivity contribution in [3.05, 3.63) is 48.0 Å². The topological polar surface area (TPSA) is 53.7 Å². The highest BCUT2D eigenvalue weighted by Crippen LogP contribution is 2.27. The number of carbonyl (C=O) groups excluding carboxylic acids is 1. The van der Waals surface area contributed by atoms with Crippen LogP contribution in [-0.2, 0) is 0 Å². The number of furan rings is 1. The van der Waals surface area contributed by atoms with E-state index in [-0.39, 0.29) is 24.4 Å². The highest BCUT2D eigenvalue weighted by atomic mass is 19.1. The van der Waals surface area contributed by atoms with Crippen molar-refractivity contribution in [3.63, 3.8) is 0 Å². The standard InChI is InChI=1S/C18H20FNO3/c19-14-7-5-13(6-8-14)16-9-10-17(23-16)18(22)20-11-1-3-15(20)4-2-12-21/h5-10,15,21H,1-4,11-12H2. The second-order valence-corrected chi connectivity index (χ2v) is 5.83. The van der Waals surface area contributed by atoms with Gasteiger partial charge in [-0.2, -0.15) is 0 Å². The summed E-state index contributed by atoms with van der Waals surface area (Å²) >= 11 is 0. The largest absolute Gasteiger partial charge is 0.451 e. The van der Waals surface area contributed by atoms with Gasteiger partial charge >= 0.3 is 0 Å². The van der Waals surface area contributed by atoms with Gasteiger partial charge in [-0.1, -0.05) is 0 Å². The molecule has 0 bridgehead atoms. The van der Waals surface area contributed by atoms with Gasteiger partial charge in [0, 0.05) is 24.8 Å². The van der Waals surface area contributed by atoms with Crippen LogP contribution in [0, 0.1) is 5.82 Å². The maximum atomic E-state index is 13.0. The van der Waals surface area contributed by atoms with Gasteiger partial charge in [0.1, 0.15) is 11.6 Å². The van der Waals surface area contributed by atoms with Gasteiger partial charge in [-0.3, -0.25) is 4.79 Å². The molecule has 0 spiro atoms. The number of likely N-dealkylation sites (tertiary alicyclic amines) is 1. The number of aliphatic hydroxyl groups is 1. The van der Waals surface area contributed by atoms with Crippen molar-refractivity contribution in [2.75, 3.05) is 13.2 Å². The minimum Gasteiger partial charge on any atom is -0.451 e. The summed E-state index contributed by atoms with van der Waals surface area (Å²) in [6.45, 7) is 0.871. The number of hydrogen-bond acceptors (Lipinski definition) is 3. The molecule has 3 rings (SSSR count). The van der Waals surface area contributed by atoms with Crippen LogP contribution < -0.4 is 0 Å². The molecule has 5 heteroatoms. The summed E-state index contributed by atoms with van der Waals surface area (Å²) in [6.07, 6.45) is 3.46. The molecule has 122 valence electrons. The molecular weight excluding hydrogens is 297 g/mol. The van der Waals surface area contributed by atoms with Crippen LogP contribution in [0.15, 0.2) is 40.8 Å². The van der Waals surface area contributed by atoms with Crippen LogP contribution in [0.5, 0.6) is 0 Å². The van der Waals surface area contributed by atoms with E-state index in [4.69, 9.17) is 9.52 Å². The average molecular weight is 317 g/mol. The maximum absolute atomic E-state index is 13.0. The number of hydrogen-bond donors (Lipinski definition) is 1. The fourth-order valence-electron chi connectivity index (χ4n) is 3.09. The minimum absolute atomic E-state index is 0.112. The lowest BCUT2D eigenvalue weighted by Gasteiger charge is -2.23. The van der Waals surface area contributed by atoms with Crippen molar-refractivity contribution >= 4 is 5.91 Å². The van der Waals surface area contributed by atoms with Crippen molar-refractivity contribution in [2.45, 2.75) is 31.7 Å². The Morgan fingerprint density at radius 1 is 1.26 bits per heavy atom. The average Bonchev–Trinajstić information content (AvgIpc) is 3.22. The number of carbonyl (C=O) groups is 1. The van der Waals surface area contributed by atoms with Gasteiger partial charge in [0.25, 0.3) is 5.91 Å². The van der Waals surface area contributed by atoms with E-state index < -0.39 is 0 Å². The molecule has 4 nitrogen and oxygen atoms in total. The molecule has 1 N–H and O–H groups in total. The zero-order valence-electron chi connectivity index (χ0n) is 12.9. The molecule has 1 aliphatic heterocycles. The maximum Gasteiger partial charge on any atom is 0.289 e. The van der Waals surface area contributed by atoms with E-state index in [0.717, 1.165) is 31.4 Å². The van der Waals surface area contributed by atoms with Gasteiger partial charge in [-0.25, -0.2) is 4.39 Å². The normalized spacial score (nSPS) is 17.7. The van der Waals surface area contributed by atoms with Crippen molar-refractivity contribution in [3.8, 4) is 11.3 Å². The van der Waals surface area contributed by atoms with E-state index in [1.807, 2.05) is 4.90 Å². The minimum atomic E-state index is -0.305. The Balaban J connectivity index is 1.74. The Morgan fingerprint density at radius 3 is 2.78 bits per heavy atom. The van der Waals surface area contributed by atoms with Gasteiger partial charge in [0.15, 0.2) is 5.76 Å². The molecular formula is C18H20FNO3. The second kappa shape index (κ2) is 6.96. The molecule has 1 aromatic heterocycles. The van der Waals surface area contributed by atoms with Crippen LogP contribution >= 0.6 is 0 Å². The molecule has 2 heterocycles. The van der Waals surface area contributed by atoms with E-state index in [1.165, 1.54) is 12.1 Å². The molecule has 0 saturated carbocycles. The summed E-state index contributed by atoms with van der Waals surface area (Å²) in [4.78, 5) is 14.5. The van der Waals surface area contributed by atoms with E-state index in [9.17, 15) is 9.18 Å². The summed E-state index contributed by atoms with van der Waals surface area (Å²) in [5.74, 6) is 0.443. The third kappa shape index (κ3) is 3.45. The lowest BCUT2D eigenvalue weighted by molar-refractivity contribution is 0.0693. The van der Waals surface area contributed by atoms with Crippen molar-refractivity contribution < 1.29 is 18.7 Å². The fraction of sp³-hybridized carbons (Fsp3) is 0.389. The molecule has 0 aliphatic carbocycles. The molecule has 1 aromatic carbocycles. The molecule has 23 heavy (non-hydrogen) atoms. The molecule has 1 amide bonds. The first kappa shape index (κ1) is 15.7. The van der Waals surface area contributed by atoms with Gasteiger partial charge < -0.3 is 14.4 Å². The Labute approximate surface area is 134 Å². The smallest absolute Gasteiger partial charge is 0.289 e. The van der Waals surface area contributed by atoms with Crippen LogP contribution in [0.3, 0.4) is 0 Å². The predicted molar refractivity (Wildman–Crippen MR) is 84.5 cm³/mol. The monoisotopic (exact) mass is 317 g/mol.